The Balaban J connectivity index is 1.26. The second kappa shape index (κ2) is 8.60. The summed E-state index contributed by atoms with van der Waals surface area (Å²) in [4.78, 5) is 14.4. The first-order valence-electron chi connectivity index (χ1n) is 10.2. The van der Waals surface area contributed by atoms with Crippen molar-refractivity contribution in [2.75, 3.05) is 13.6 Å². The molecule has 4 nitrogen and oxygen atoms in total. The summed E-state index contributed by atoms with van der Waals surface area (Å²) in [5.41, 5.74) is 6.67. The van der Waals surface area contributed by atoms with E-state index in [4.69, 9.17) is 0 Å². The molecule has 1 aromatic heterocycles. The lowest BCUT2D eigenvalue weighted by atomic mass is 10.0. The second-order valence-corrected chi connectivity index (χ2v) is 7.84. The predicted molar refractivity (Wildman–Crippen MR) is 112 cm³/mol. The molecule has 0 saturated carbocycles. The molecular formula is C24H26FN3O. The Labute approximate surface area is 170 Å². The number of rotatable bonds is 7. The molecule has 1 aliphatic carbocycles. The van der Waals surface area contributed by atoms with Gasteiger partial charge in [0.1, 0.15) is 5.82 Å². The number of hydrogen-bond donors (Lipinski definition) is 1. The highest BCUT2D eigenvalue weighted by Gasteiger charge is 2.14. The van der Waals surface area contributed by atoms with Gasteiger partial charge in [-0.15, -0.1) is 0 Å². The largest absolute Gasteiger partial charge is 0.345 e. The van der Waals surface area contributed by atoms with E-state index in [0.29, 0.717) is 13.0 Å². The van der Waals surface area contributed by atoms with Crippen molar-refractivity contribution in [2.24, 2.45) is 0 Å². The number of H-pyrrole nitrogens is 1. The van der Waals surface area contributed by atoms with E-state index in [1.165, 1.54) is 36.1 Å². The van der Waals surface area contributed by atoms with Gasteiger partial charge in [0, 0.05) is 24.8 Å². The minimum Gasteiger partial charge on any atom is -0.345 e. The van der Waals surface area contributed by atoms with Crippen LogP contribution < -0.4 is 0 Å². The molecule has 0 saturated heterocycles. The summed E-state index contributed by atoms with van der Waals surface area (Å²) in [5, 5.41) is 7.34. The minimum atomic E-state index is -0.253. The van der Waals surface area contributed by atoms with Gasteiger partial charge in [0.2, 0.25) is 5.91 Å². The number of amides is 1. The molecule has 0 atom stereocenters. The summed E-state index contributed by atoms with van der Waals surface area (Å²) >= 11 is 0. The fraction of sp³-hybridized carbons (Fsp3) is 0.333. The zero-order valence-electron chi connectivity index (χ0n) is 16.7. The SMILES string of the molecule is CN(CCCc1cc(-c2ccc(F)cc2)n[nH]1)C(=O)Cc1ccc2c(c1)CCC2. The molecule has 29 heavy (non-hydrogen) atoms. The summed E-state index contributed by atoms with van der Waals surface area (Å²) in [6.45, 7) is 0.703. The number of aryl methyl sites for hydroxylation is 3. The fourth-order valence-electron chi connectivity index (χ4n) is 3.93. The number of likely N-dealkylation sites (N-methyl/N-ethyl adjacent to an activating group) is 1. The van der Waals surface area contributed by atoms with Crippen molar-refractivity contribution in [1.82, 2.24) is 15.1 Å². The van der Waals surface area contributed by atoms with E-state index in [9.17, 15) is 9.18 Å². The number of carbonyl (C=O) groups is 1. The van der Waals surface area contributed by atoms with Crippen LogP contribution in [0.15, 0.2) is 48.5 Å². The highest BCUT2D eigenvalue weighted by molar-refractivity contribution is 5.78. The Bertz CT molecular complexity index is 994. The average molecular weight is 391 g/mol. The predicted octanol–water partition coefficient (Wildman–Crippen LogP) is 4.34. The monoisotopic (exact) mass is 391 g/mol. The van der Waals surface area contributed by atoms with Crippen LogP contribution in [0.2, 0.25) is 0 Å². The van der Waals surface area contributed by atoms with Gasteiger partial charge in [-0.25, -0.2) is 4.39 Å². The molecule has 1 N–H and O–H groups in total. The third-order valence-electron chi connectivity index (χ3n) is 5.65. The first-order valence-corrected chi connectivity index (χ1v) is 10.2. The summed E-state index contributed by atoms with van der Waals surface area (Å²) < 4.78 is 13.1. The second-order valence-electron chi connectivity index (χ2n) is 7.84. The van der Waals surface area contributed by atoms with Crippen LogP contribution in [0, 0.1) is 5.82 Å². The van der Waals surface area contributed by atoms with Gasteiger partial charge in [-0.2, -0.15) is 5.10 Å². The van der Waals surface area contributed by atoms with E-state index >= 15 is 0 Å². The number of halogens is 1. The highest BCUT2D eigenvalue weighted by atomic mass is 19.1. The Kier molecular flexibility index (Phi) is 5.74. The summed E-state index contributed by atoms with van der Waals surface area (Å²) in [6, 6.07) is 14.8. The van der Waals surface area contributed by atoms with Crippen molar-refractivity contribution >= 4 is 5.91 Å². The van der Waals surface area contributed by atoms with Gasteiger partial charge in [0.15, 0.2) is 0 Å². The summed E-state index contributed by atoms with van der Waals surface area (Å²) in [5.74, 6) is -0.100. The lowest BCUT2D eigenvalue weighted by molar-refractivity contribution is -0.129. The molecule has 0 aliphatic heterocycles. The van der Waals surface area contributed by atoms with E-state index in [-0.39, 0.29) is 11.7 Å². The molecule has 0 radical (unpaired) electrons. The van der Waals surface area contributed by atoms with Crippen LogP contribution in [0.4, 0.5) is 4.39 Å². The number of nitrogens with one attached hydrogen (secondary N) is 1. The third kappa shape index (κ3) is 4.73. The minimum absolute atomic E-state index is 0.152. The molecule has 1 heterocycles. The fourth-order valence-corrected chi connectivity index (χ4v) is 3.93. The molecule has 1 amide bonds. The van der Waals surface area contributed by atoms with Gasteiger partial charge in [0.25, 0.3) is 0 Å². The smallest absolute Gasteiger partial charge is 0.226 e. The lowest BCUT2D eigenvalue weighted by Gasteiger charge is -2.17. The molecule has 0 unspecified atom stereocenters. The van der Waals surface area contributed by atoms with Gasteiger partial charge < -0.3 is 4.90 Å². The van der Waals surface area contributed by atoms with Crippen molar-refractivity contribution in [2.45, 2.75) is 38.5 Å². The van der Waals surface area contributed by atoms with Crippen LogP contribution in [-0.4, -0.2) is 34.6 Å². The van der Waals surface area contributed by atoms with Crippen LogP contribution in [0.3, 0.4) is 0 Å². The van der Waals surface area contributed by atoms with E-state index in [1.807, 2.05) is 18.0 Å². The number of aromatic amines is 1. The molecule has 4 rings (SSSR count). The van der Waals surface area contributed by atoms with Crippen molar-refractivity contribution in [3.63, 3.8) is 0 Å². The number of hydrogen-bond acceptors (Lipinski definition) is 2. The lowest BCUT2D eigenvalue weighted by Crippen LogP contribution is -2.29. The maximum atomic E-state index is 13.1. The van der Waals surface area contributed by atoms with Crippen molar-refractivity contribution in [1.29, 1.82) is 0 Å². The van der Waals surface area contributed by atoms with Gasteiger partial charge in [-0.3, -0.25) is 9.89 Å². The maximum Gasteiger partial charge on any atom is 0.226 e. The molecule has 150 valence electrons. The standard InChI is InChI=1S/C24H26FN3O/c1-28(24(29)15-17-7-8-18-4-2-5-20(18)14-17)13-3-6-22-16-23(27-26-22)19-9-11-21(25)12-10-19/h7-12,14,16H,2-6,13,15H2,1H3,(H,26,27). The average Bonchev–Trinajstić information content (AvgIpc) is 3.37. The van der Waals surface area contributed by atoms with E-state index in [0.717, 1.165) is 41.8 Å². The molecule has 3 aromatic rings. The van der Waals surface area contributed by atoms with Gasteiger partial charge in [-0.05, 0) is 79.1 Å². The first kappa shape index (κ1) is 19.4. The quantitative estimate of drug-likeness (QED) is 0.651. The van der Waals surface area contributed by atoms with Crippen molar-refractivity contribution in [3.8, 4) is 11.3 Å². The molecule has 0 bridgehead atoms. The molecule has 1 aliphatic rings. The van der Waals surface area contributed by atoms with Crippen molar-refractivity contribution in [3.05, 3.63) is 76.7 Å². The van der Waals surface area contributed by atoms with E-state index in [1.54, 1.807) is 12.1 Å². The zero-order chi connectivity index (χ0) is 20.2. The number of carbonyl (C=O) groups excluding carboxylic acids is 1. The third-order valence-corrected chi connectivity index (χ3v) is 5.65. The van der Waals surface area contributed by atoms with Crippen LogP contribution in [0.1, 0.15) is 35.2 Å². The van der Waals surface area contributed by atoms with E-state index < -0.39 is 0 Å². The van der Waals surface area contributed by atoms with Gasteiger partial charge in [-0.1, -0.05) is 18.2 Å². The van der Waals surface area contributed by atoms with Crippen LogP contribution in [0.25, 0.3) is 11.3 Å². The maximum absolute atomic E-state index is 13.1. The molecular weight excluding hydrogens is 365 g/mol. The summed E-state index contributed by atoms with van der Waals surface area (Å²) in [6.07, 6.45) is 5.66. The normalized spacial score (nSPS) is 12.8. The van der Waals surface area contributed by atoms with Gasteiger partial charge in [0.05, 0.1) is 12.1 Å². The number of aromatic nitrogens is 2. The molecule has 0 fully saturated rings. The van der Waals surface area contributed by atoms with E-state index in [2.05, 4.69) is 28.4 Å². The Hall–Kier alpha value is -2.95. The van der Waals surface area contributed by atoms with Crippen LogP contribution in [0.5, 0.6) is 0 Å². The molecule has 5 heteroatoms. The number of benzene rings is 2. The number of nitrogens with zero attached hydrogens (tertiary/aromatic N) is 2. The van der Waals surface area contributed by atoms with Crippen molar-refractivity contribution < 1.29 is 9.18 Å². The highest BCUT2D eigenvalue weighted by Crippen LogP contribution is 2.23. The Morgan fingerprint density at radius 2 is 1.90 bits per heavy atom. The Morgan fingerprint density at radius 1 is 1.10 bits per heavy atom. The van der Waals surface area contributed by atoms with Crippen LogP contribution >= 0.6 is 0 Å². The topological polar surface area (TPSA) is 49.0 Å². The van der Waals surface area contributed by atoms with Gasteiger partial charge >= 0.3 is 0 Å². The Morgan fingerprint density at radius 3 is 2.72 bits per heavy atom. The number of fused-ring (bicyclic) bond motifs is 1. The molecule has 2 aromatic carbocycles. The molecule has 0 spiro atoms. The van der Waals surface area contributed by atoms with Crippen LogP contribution in [-0.2, 0) is 30.5 Å². The summed E-state index contributed by atoms with van der Waals surface area (Å²) in [7, 11) is 1.87. The first-order chi connectivity index (χ1) is 14.1. The zero-order valence-corrected chi connectivity index (χ0v) is 16.7.